The van der Waals surface area contributed by atoms with Crippen molar-refractivity contribution in [2.75, 3.05) is 0 Å². The van der Waals surface area contributed by atoms with Gasteiger partial charge in [-0.25, -0.2) is 8.42 Å². The van der Waals surface area contributed by atoms with Gasteiger partial charge >= 0.3 is 0 Å². The first-order valence-corrected chi connectivity index (χ1v) is 13.7. The maximum Gasteiger partial charge on any atom is 0.289 e. The first-order chi connectivity index (χ1) is 18.4. The second-order valence-corrected chi connectivity index (χ2v) is 11.1. The summed E-state index contributed by atoms with van der Waals surface area (Å²) < 4.78 is 28.6. The molecular weight excluding hydrogens is 502 g/mol. The number of nitrogens with one attached hydrogen (secondary N) is 1. The molecule has 4 aromatic rings. The lowest BCUT2D eigenvalue weighted by molar-refractivity contribution is -0.387. The summed E-state index contributed by atoms with van der Waals surface area (Å²) in [6.45, 7) is 0.679. The Balaban J connectivity index is 1.34. The molecule has 2 heterocycles. The summed E-state index contributed by atoms with van der Waals surface area (Å²) in [5.41, 5.74) is 4.31. The fourth-order valence-corrected chi connectivity index (χ4v) is 6.24. The summed E-state index contributed by atoms with van der Waals surface area (Å²) in [4.78, 5) is 19.3. The third-order valence-corrected chi connectivity index (χ3v) is 8.48. The molecule has 2 aromatic heterocycles. The van der Waals surface area contributed by atoms with Crippen molar-refractivity contribution in [3.05, 3.63) is 129 Å². The molecule has 38 heavy (non-hydrogen) atoms. The van der Waals surface area contributed by atoms with Crippen molar-refractivity contribution < 1.29 is 13.3 Å². The molecule has 194 valence electrons. The van der Waals surface area contributed by atoms with Crippen LogP contribution in [-0.2, 0) is 36.1 Å². The summed E-state index contributed by atoms with van der Waals surface area (Å²) in [6.07, 6.45) is 5.43. The monoisotopic (exact) mass is 529 g/mol. The normalized spacial score (nSPS) is 14.9. The lowest BCUT2D eigenvalue weighted by Crippen LogP contribution is -2.31. The van der Waals surface area contributed by atoms with Gasteiger partial charge in [0, 0.05) is 31.5 Å². The van der Waals surface area contributed by atoms with Crippen molar-refractivity contribution in [2.24, 2.45) is 0 Å². The number of fused-ring (bicyclic) bond motifs is 1. The Labute approximate surface area is 221 Å². The molecule has 0 amide bonds. The van der Waals surface area contributed by atoms with Gasteiger partial charge in [-0.3, -0.25) is 20.1 Å². The number of nitro benzene ring substituents is 1. The molecule has 0 aliphatic heterocycles. The highest BCUT2D eigenvalue weighted by Gasteiger charge is 2.32. The highest BCUT2D eigenvalue weighted by molar-refractivity contribution is 7.89. The summed E-state index contributed by atoms with van der Waals surface area (Å²) in [6, 6.07) is 22.7. The maximum atomic E-state index is 13.7. The lowest BCUT2D eigenvalue weighted by Gasteiger charge is -2.22. The van der Waals surface area contributed by atoms with Gasteiger partial charge in [-0.05, 0) is 53.8 Å². The minimum absolute atomic E-state index is 0.0212. The second-order valence-electron chi connectivity index (χ2n) is 9.16. The number of hydrogen-bond acceptors (Lipinski definition) is 7. The average Bonchev–Trinajstić information content (AvgIpc) is 3.36. The van der Waals surface area contributed by atoms with Crippen LogP contribution in [0.3, 0.4) is 0 Å². The SMILES string of the molecule is O=[N+]([O-])c1ccccc1S(=O)(=O)N(Cc1ccc(CNC2CCc3cccnc32)cc1)Cc1ccccn1. The molecule has 0 bridgehead atoms. The zero-order valence-corrected chi connectivity index (χ0v) is 21.4. The summed E-state index contributed by atoms with van der Waals surface area (Å²) in [7, 11) is -4.20. The van der Waals surface area contributed by atoms with E-state index in [2.05, 4.69) is 21.4 Å². The number of nitro groups is 1. The molecule has 9 nitrogen and oxygen atoms in total. The van der Waals surface area contributed by atoms with Crippen LogP contribution in [0.2, 0.25) is 0 Å². The van der Waals surface area contributed by atoms with Gasteiger partial charge in [0.2, 0.25) is 0 Å². The quantitative estimate of drug-likeness (QED) is 0.236. The second kappa shape index (κ2) is 11.2. The Bertz CT molecular complexity index is 1530. The number of benzene rings is 2. The molecule has 0 fully saturated rings. The van der Waals surface area contributed by atoms with E-state index < -0.39 is 20.6 Å². The highest BCUT2D eigenvalue weighted by atomic mass is 32.2. The van der Waals surface area contributed by atoms with Crippen molar-refractivity contribution in [3.8, 4) is 0 Å². The molecule has 10 heteroatoms. The minimum Gasteiger partial charge on any atom is -0.304 e. The Hall–Kier alpha value is -3.99. The molecule has 5 rings (SSSR count). The van der Waals surface area contributed by atoms with Gasteiger partial charge in [0.05, 0.1) is 28.9 Å². The third-order valence-electron chi connectivity index (χ3n) is 6.64. The molecule has 1 aliphatic rings. The molecule has 0 saturated carbocycles. The van der Waals surface area contributed by atoms with Gasteiger partial charge < -0.3 is 5.32 Å². The van der Waals surface area contributed by atoms with Crippen molar-refractivity contribution in [1.29, 1.82) is 0 Å². The van der Waals surface area contributed by atoms with Crippen LogP contribution >= 0.6 is 0 Å². The van der Waals surface area contributed by atoms with Gasteiger partial charge in [0.15, 0.2) is 4.90 Å². The van der Waals surface area contributed by atoms with Crippen LogP contribution in [0.15, 0.2) is 96.2 Å². The first-order valence-electron chi connectivity index (χ1n) is 12.3. The van der Waals surface area contributed by atoms with E-state index in [-0.39, 0.29) is 24.0 Å². The van der Waals surface area contributed by atoms with Crippen molar-refractivity contribution in [1.82, 2.24) is 19.6 Å². The number of nitrogens with zero attached hydrogens (tertiary/aromatic N) is 4. The van der Waals surface area contributed by atoms with Crippen LogP contribution in [0, 0.1) is 10.1 Å². The van der Waals surface area contributed by atoms with Gasteiger partial charge in [0.25, 0.3) is 15.7 Å². The van der Waals surface area contributed by atoms with Gasteiger partial charge in [-0.1, -0.05) is 48.5 Å². The van der Waals surface area contributed by atoms with Crippen LogP contribution in [0.4, 0.5) is 5.69 Å². The van der Waals surface area contributed by atoms with Gasteiger partial charge in [-0.2, -0.15) is 4.31 Å². The van der Waals surface area contributed by atoms with E-state index in [0.29, 0.717) is 12.2 Å². The van der Waals surface area contributed by atoms with E-state index in [4.69, 9.17) is 0 Å². The van der Waals surface area contributed by atoms with Gasteiger partial charge in [0.1, 0.15) is 0 Å². The number of pyridine rings is 2. The highest BCUT2D eigenvalue weighted by Crippen LogP contribution is 2.30. The zero-order chi connectivity index (χ0) is 26.5. The molecular formula is C28H27N5O4S. The Morgan fingerprint density at radius 1 is 0.895 bits per heavy atom. The summed E-state index contributed by atoms with van der Waals surface area (Å²) in [5.74, 6) is 0. The van der Waals surface area contributed by atoms with Crippen LogP contribution in [0.25, 0.3) is 0 Å². The lowest BCUT2D eigenvalue weighted by atomic mass is 10.1. The molecule has 0 radical (unpaired) electrons. The Morgan fingerprint density at radius 2 is 1.63 bits per heavy atom. The van der Waals surface area contributed by atoms with E-state index in [9.17, 15) is 18.5 Å². The molecule has 2 aromatic carbocycles. The summed E-state index contributed by atoms with van der Waals surface area (Å²) in [5, 5.41) is 15.1. The standard InChI is InChI=1S/C28H27N5O4S/c34-33(35)26-8-1-2-9-27(26)38(36,37)32(20-24-7-3-4-16-29-24)19-22-12-10-21(11-13-22)18-31-25-15-14-23-6-5-17-30-28(23)25/h1-13,16-17,25,31H,14-15,18-20H2. The minimum atomic E-state index is -4.20. The maximum absolute atomic E-state index is 13.7. The number of aryl methyl sites for hydroxylation is 1. The average molecular weight is 530 g/mol. The molecule has 0 spiro atoms. The van der Waals surface area contributed by atoms with Crippen LogP contribution in [0.5, 0.6) is 0 Å². The molecule has 1 unspecified atom stereocenters. The smallest absolute Gasteiger partial charge is 0.289 e. The number of para-hydroxylation sites is 1. The number of aromatic nitrogens is 2. The van der Waals surface area contributed by atoms with E-state index in [1.165, 1.54) is 34.1 Å². The van der Waals surface area contributed by atoms with Crippen LogP contribution in [0.1, 0.15) is 40.5 Å². The van der Waals surface area contributed by atoms with Gasteiger partial charge in [-0.15, -0.1) is 0 Å². The number of rotatable bonds is 10. The molecule has 1 aliphatic carbocycles. The molecule has 1 atom stereocenters. The molecule has 1 N–H and O–H groups in total. The fourth-order valence-electron chi connectivity index (χ4n) is 4.68. The van der Waals surface area contributed by atoms with E-state index in [1.807, 2.05) is 36.5 Å². The van der Waals surface area contributed by atoms with Crippen molar-refractivity contribution in [2.45, 2.75) is 43.4 Å². The number of sulfonamides is 1. The predicted molar refractivity (Wildman–Crippen MR) is 142 cm³/mol. The number of hydrogen-bond donors (Lipinski definition) is 1. The Morgan fingerprint density at radius 3 is 2.39 bits per heavy atom. The predicted octanol–water partition coefficient (Wildman–Crippen LogP) is 4.55. The van der Waals surface area contributed by atoms with E-state index in [1.54, 1.807) is 24.4 Å². The van der Waals surface area contributed by atoms with E-state index >= 15 is 0 Å². The van der Waals surface area contributed by atoms with Crippen LogP contribution < -0.4 is 5.32 Å². The Kier molecular flexibility index (Phi) is 7.54. The fraction of sp³-hybridized carbons (Fsp3) is 0.214. The largest absolute Gasteiger partial charge is 0.304 e. The summed E-state index contributed by atoms with van der Waals surface area (Å²) >= 11 is 0. The van der Waals surface area contributed by atoms with Crippen LogP contribution in [-0.4, -0.2) is 27.6 Å². The van der Waals surface area contributed by atoms with Crippen molar-refractivity contribution in [3.63, 3.8) is 0 Å². The third kappa shape index (κ3) is 5.62. The van der Waals surface area contributed by atoms with Crippen molar-refractivity contribution >= 4 is 15.7 Å². The first kappa shape index (κ1) is 25.7. The van der Waals surface area contributed by atoms with E-state index in [0.717, 1.165) is 29.7 Å². The molecule has 0 saturated heterocycles. The topological polar surface area (TPSA) is 118 Å². The zero-order valence-electron chi connectivity index (χ0n) is 20.6.